The number of para-hydroxylation sites is 2. The zero-order chi connectivity index (χ0) is 27.9. The summed E-state index contributed by atoms with van der Waals surface area (Å²) >= 11 is 7.57. The Morgan fingerprint density at radius 3 is 2.27 bits per heavy atom. The first-order chi connectivity index (χ1) is 19.5. The first-order valence-electron chi connectivity index (χ1n) is 13.4. The number of amides is 1. The standard InChI is InChI=1S/C31H32ClFN4O2S/c1-2-39-29-6-4-3-5-28(29)36-15-17-37(18-16-36)31(38)27-22-40-30(34-27)21-35(19-23-7-11-25(32)12-8-23)20-24-9-13-26(33)14-10-24/h3-14,22H,2,15-21H2,1H3. The highest BCUT2D eigenvalue weighted by Gasteiger charge is 2.25. The Hall–Kier alpha value is -3.46. The van der Waals surface area contributed by atoms with Crippen LogP contribution in [0.4, 0.5) is 10.1 Å². The van der Waals surface area contributed by atoms with Crippen LogP contribution in [0.1, 0.15) is 33.5 Å². The molecule has 0 saturated carbocycles. The molecule has 2 heterocycles. The second-order valence-corrected chi connectivity index (χ2v) is 11.1. The molecule has 6 nitrogen and oxygen atoms in total. The molecule has 0 unspecified atom stereocenters. The number of hydrogen-bond acceptors (Lipinski definition) is 6. The van der Waals surface area contributed by atoms with E-state index in [9.17, 15) is 9.18 Å². The molecule has 1 saturated heterocycles. The Kier molecular flexibility index (Phi) is 9.31. The number of thiazole rings is 1. The molecule has 1 fully saturated rings. The topological polar surface area (TPSA) is 48.9 Å². The minimum Gasteiger partial charge on any atom is -0.492 e. The highest BCUT2D eigenvalue weighted by atomic mass is 35.5. The maximum Gasteiger partial charge on any atom is 0.273 e. The number of rotatable bonds is 10. The van der Waals surface area contributed by atoms with Crippen molar-refractivity contribution in [2.75, 3.05) is 37.7 Å². The fraction of sp³-hybridized carbons (Fsp3) is 0.290. The van der Waals surface area contributed by atoms with Crippen molar-refractivity contribution in [2.45, 2.75) is 26.6 Å². The largest absolute Gasteiger partial charge is 0.492 e. The Labute approximate surface area is 243 Å². The molecule has 1 amide bonds. The van der Waals surface area contributed by atoms with Crippen LogP contribution in [-0.2, 0) is 19.6 Å². The van der Waals surface area contributed by atoms with E-state index in [1.54, 1.807) is 12.1 Å². The van der Waals surface area contributed by atoms with Crippen molar-refractivity contribution in [2.24, 2.45) is 0 Å². The quantitative estimate of drug-likeness (QED) is 0.215. The van der Waals surface area contributed by atoms with Crippen molar-refractivity contribution >= 4 is 34.5 Å². The van der Waals surface area contributed by atoms with Crippen LogP contribution in [0.3, 0.4) is 0 Å². The zero-order valence-electron chi connectivity index (χ0n) is 22.4. The number of aromatic nitrogens is 1. The Balaban J connectivity index is 1.23. The van der Waals surface area contributed by atoms with Crippen LogP contribution in [-0.4, -0.2) is 53.5 Å². The number of hydrogen-bond donors (Lipinski definition) is 0. The monoisotopic (exact) mass is 578 g/mol. The van der Waals surface area contributed by atoms with Gasteiger partial charge in [0.05, 0.1) is 18.8 Å². The van der Waals surface area contributed by atoms with Crippen molar-refractivity contribution in [1.29, 1.82) is 0 Å². The average molecular weight is 579 g/mol. The van der Waals surface area contributed by atoms with Gasteiger partial charge in [0, 0.05) is 49.7 Å². The highest BCUT2D eigenvalue weighted by Crippen LogP contribution is 2.29. The van der Waals surface area contributed by atoms with Crippen LogP contribution in [0.15, 0.2) is 78.2 Å². The molecule has 208 valence electrons. The van der Waals surface area contributed by atoms with Crippen molar-refractivity contribution in [1.82, 2.24) is 14.8 Å². The average Bonchev–Trinajstić information content (AvgIpc) is 3.44. The van der Waals surface area contributed by atoms with Gasteiger partial charge in [-0.15, -0.1) is 11.3 Å². The van der Waals surface area contributed by atoms with Crippen molar-refractivity contribution in [3.05, 3.63) is 111 Å². The summed E-state index contributed by atoms with van der Waals surface area (Å²) in [4.78, 5) is 24.4. The third-order valence-corrected chi connectivity index (χ3v) is 7.93. The van der Waals surface area contributed by atoms with E-state index < -0.39 is 0 Å². The minimum absolute atomic E-state index is 0.0389. The van der Waals surface area contributed by atoms with E-state index in [0.29, 0.717) is 50.0 Å². The van der Waals surface area contributed by atoms with Crippen LogP contribution in [0.5, 0.6) is 5.75 Å². The van der Waals surface area contributed by atoms with E-state index in [-0.39, 0.29) is 11.7 Å². The first kappa shape index (κ1) is 28.1. The molecule has 9 heteroatoms. The summed E-state index contributed by atoms with van der Waals surface area (Å²) in [6.45, 7) is 7.18. The van der Waals surface area contributed by atoms with E-state index in [1.807, 2.05) is 59.7 Å². The molecular formula is C31H32ClFN4O2S. The van der Waals surface area contributed by atoms with Crippen LogP contribution in [0.25, 0.3) is 0 Å². The smallest absolute Gasteiger partial charge is 0.273 e. The molecule has 3 aromatic carbocycles. The molecule has 0 N–H and O–H groups in total. The van der Waals surface area contributed by atoms with E-state index >= 15 is 0 Å². The summed E-state index contributed by atoms with van der Waals surface area (Å²) in [5.41, 5.74) is 3.67. The molecule has 0 radical (unpaired) electrons. The summed E-state index contributed by atoms with van der Waals surface area (Å²) < 4.78 is 19.3. The number of nitrogens with zero attached hydrogens (tertiary/aromatic N) is 4. The van der Waals surface area contributed by atoms with Gasteiger partial charge in [-0.3, -0.25) is 9.69 Å². The minimum atomic E-state index is -0.254. The van der Waals surface area contributed by atoms with E-state index in [2.05, 4.69) is 15.9 Å². The zero-order valence-corrected chi connectivity index (χ0v) is 24.0. The van der Waals surface area contributed by atoms with Crippen molar-refractivity contribution in [3.8, 4) is 5.75 Å². The molecular weight excluding hydrogens is 547 g/mol. The molecule has 40 heavy (non-hydrogen) atoms. The number of carbonyl (C=O) groups is 1. The predicted octanol–water partition coefficient (Wildman–Crippen LogP) is 6.50. The lowest BCUT2D eigenvalue weighted by molar-refractivity contribution is 0.0741. The predicted molar refractivity (Wildman–Crippen MR) is 159 cm³/mol. The summed E-state index contributed by atoms with van der Waals surface area (Å²) in [5.74, 6) is 0.580. The molecule has 4 aromatic rings. The van der Waals surface area contributed by atoms with Gasteiger partial charge < -0.3 is 14.5 Å². The maximum atomic E-state index is 13.5. The second-order valence-electron chi connectivity index (χ2n) is 9.70. The molecule has 0 aliphatic carbocycles. The summed E-state index contributed by atoms with van der Waals surface area (Å²) in [5, 5.41) is 3.41. The van der Waals surface area contributed by atoms with Gasteiger partial charge in [0.25, 0.3) is 5.91 Å². The fourth-order valence-corrected chi connectivity index (χ4v) is 5.78. The van der Waals surface area contributed by atoms with Crippen LogP contribution >= 0.6 is 22.9 Å². The van der Waals surface area contributed by atoms with Gasteiger partial charge in [0.2, 0.25) is 0 Å². The normalized spacial score (nSPS) is 13.6. The second kappa shape index (κ2) is 13.3. The fourth-order valence-electron chi connectivity index (χ4n) is 4.85. The van der Waals surface area contributed by atoms with Crippen LogP contribution in [0, 0.1) is 5.82 Å². The Bertz CT molecular complexity index is 1360. The molecule has 0 bridgehead atoms. The number of benzene rings is 3. The van der Waals surface area contributed by atoms with Gasteiger partial charge in [-0.2, -0.15) is 0 Å². The number of piperazine rings is 1. The van der Waals surface area contributed by atoms with Gasteiger partial charge in [0.1, 0.15) is 22.3 Å². The number of carbonyl (C=O) groups excluding carboxylic acids is 1. The first-order valence-corrected chi connectivity index (χ1v) is 14.7. The van der Waals surface area contributed by atoms with Gasteiger partial charge in [-0.05, 0) is 54.4 Å². The van der Waals surface area contributed by atoms with Crippen molar-refractivity contribution in [3.63, 3.8) is 0 Å². The number of ether oxygens (including phenoxy) is 1. The number of halogens is 2. The molecule has 1 aliphatic rings. The van der Waals surface area contributed by atoms with Gasteiger partial charge in [-0.1, -0.05) is 48.0 Å². The molecule has 0 atom stereocenters. The molecule has 1 aromatic heterocycles. The maximum absolute atomic E-state index is 13.5. The molecule has 1 aliphatic heterocycles. The lowest BCUT2D eigenvalue weighted by Crippen LogP contribution is -2.49. The Morgan fingerprint density at radius 1 is 0.950 bits per heavy atom. The SMILES string of the molecule is CCOc1ccccc1N1CCN(C(=O)c2csc(CN(Cc3ccc(F)cc3)Cc3ccc(Cl)cc3)n2)CC1. The van der Waals surface area contributed by atoms with E-state index in [0.717, 1.165) is 40.7 Å². The van der Waals surface area contributed by atoms with E-state index in [1.165, 1.54) is 23.5 Å². The van der Waals surface area contributed by atoms with Crippen LogP contribution in [0.2, 0.25) is 5.02 Å². The highest BCUT2D eigenvalue weighted by molar-refractivity contribution is 7.09. The lowest BCUT2D eigenvalue weighted by atomic mass is 10.1. The van der Waals surface area contributed by atoms with Crippen molar-refractivity contribution < 1.29 is 13.9 Å². The van der Waals surface area contributed by atoms with Gasteiger partial charge >= 0.3 is 0 Å². The Morgan fingerprint density at radius 2 is 1.60 bits per heavy atom. The van der Waals surface area contributed by atoms with E-state index in [4.69, 9.17) is 21.3 Å². The third kappa shape index (κ3) is 7.18. The summed E-state index contributed by atoms with van der Waals surface area (Å²) in [7, 11) is 0. The third-order valence-electron chi connectivity index (χ3n) is 6.84. The van der Waals surface area contributed by atoms with Gasteiger partial charge in [-0.25, -0.2) is 9.37 Å². The molecule has 5 rings (SSSR count). The van der Waals surface area contributed by atoms with Crippen LogP contribution < -0.4 is 9.64 Å². The summed E-state index contributed by atoms with van der Waals surface area (Å²) in [6, 6.07) is 22.4. The van der Waals surface area contributed by atoms with Gasteiger partial charge in [0.15, 0.2) is 0 Å². The molecule has 0 spiro atoms. The number of anilines is 1. The lowest BCUT2D eigenvalue weighted by Gasteiger charge is -2.36. The summed E-state index contributed by atoms with van der Waals surface area (Å²) in [6.07, 6.45) is 0.